The van der Waals surface area contributed by atoms with Crippen molar-refractivity contribution in [2.45, 2.75) is 6.92 Å². The van der Waals surface area contributed by atoms with Crippen LogP contribution in [0.3, 0.4) is 0 Å². The van der Waals surface area contributed by atoms with E-state index < -0.39 is 10.2 Å². The zero-order valence-corrected chi connectivity index (χ0v) is 12.1. The Morgan fingerprint density at radius 2 is 2.12 bits per heavy atom. The van der Waals surface area contributed by atoms with Crippen molar-refractivity contribution in [1.82, 2.24) is 4.72 Å². The molecule has 0 fully saturated rings. The quantitative estimate of drug-likeness (QED) is 0.782. The number of nitrogens with one attached hydrogen (secondary N) is 2. The molecule has 0 bridgehead atoms. The van der Waals surface area contributed by atoms with Crippen molar-refractivity contribution in [2.75, 3.05) is 25.0 Å². The number of benzene rings is 1. The van der Waals surface area contributed by atoms with Gasteiger partial charge in [-0.25, -0.2) is 0 Å². The Morgan fingerprint density at radius 1 is 1.41 bits per heavy atom. The summed E-state index contributed by atoms with van der Waals surface area (Å²) in [7, 11) is -2.04. The lowest BCUT2D eigenvalue weighted by molar-refractivity contribution is 0.204. The minimum absolute atomic E-state index is 0.231. The maximum absolute atomic E-state index is 11.6. The highest BCUT2D eigenvalue weighted by atomic mass is 79.9. The minimum Gasteiger partial charge on any atom is -0.383 e. The predicted octanol–water partition coefficient (Wildman–Crippen LogP) is 1.65. The van der Waals surface area contributed by atoms with Crippen molar-refractivity contribution in [3.05, 3.63) is 28.2 Å². The van der Waals surface area contributed by atoms with Crippen LogP contribution in [0.15, 0.2) is 22.7 Å². The van der Waals surface area contributed by atoms with Crippen LogP contribution in [0.2, 0.25) is 0 Å². The summed E-state index contributed by atoms with van der Waals surface area (Å²) in [5.41, 5.74) is 1.47. The van der Waals surface area contributed by atoms with Gasteiger partial charge in [0.05, 0.1) is 12.3 Å². The first kappa shape index (κ1) is 14.4. The zero-order valence-electron chi connectivity index (χ0n) is 9.66. The van der Waals surface area contributed by atoms with Crippen molar-refractivity contribution in [2.24, 2.45) is 0 Å². The summed E-state index contributed by atoms with van der Waals surface area (Å²) in [6.07, 6.45) is 0. The summed E-state index contributed by atoms with van der Waals surface area (Å²) in [5.74, 6) is 0. The molecule has 1 aromatic carbocycles. The molecule has 0 saturated heterocycles. The molecule has 5 nitrogen and oxygen atoms in total. The number of halogens is 1. The zero-order chi connectivity index (χ0) is 12.9. The van der Waals surface area contributed by atoms with Crippen molar-refractivity contribution >= 4 is 31.8 Å². The number of hydrogen-bond acceptors (Lipinski definition) is 3. The molecule has 0 aliphatic heterocycles. The van der Waals surface area contributed by atoms with Gasteiger partial charge in [-0.3, -0.25) is 4.72 Å². The van der Waals surface area contributed by atoms with E-state index in [4.69, 9.17) is 4.74 Å². The molecule has 0 heterocycles. The third-order valence-corrected chi connectivity index (χ3v) is 4.16. The van der Waals surface area contributed by atoms with Gasteiger partial charge in [-0.15, -0.1) is 0 Å². The maximum atomic E-state index is 11.6. The fraction of sp³-hybridized carbons (Fsp3) is 0.400. The van der Waals surface area contributed by atoms with E-state index >= 15 is 0 Å². The molecule has 0 atom stereocenters. The lowest BCUT2D eigenvalue weighted by Crippen LogP contribution is -2.32. The Balaban J connectivity index is 2.73. The topological polar surface area (TPSA) is 67.4 Å². The molecule has 0 amide bonds. The molecule has 0 spiro atoms. The Hall–Kier alpha value is -0.630. The van der Waals surface area contributed by atoms with Gasteiger partial charge < -0.3 is 4.74 Å². The number of methoxy groups -OCH3 is 1. The van der Waals surface area contributed by atoms with E-state index in [9.17, 15) is 8.42 Å². The largest absolute Gasteiger partial charge is 0.383 e. The summed E-state index contributed by atoms with van der Waals surface area (Å²) in [6, 6.07) is 5.36. The molecule has 0 unspecified atom stereocenters. The molecular formula is C10H15BrN2O3S. The van der Waals surface area contributed by atoms with Gasteiger partial charge in [0.25, 0.3) is 10.2 Å². The van der Waals surface area contributed by atoms with Gasteiger partial charge in [-0.2, -0.15) is 13.1 Å². The molecule has 7 heteroatoms. The summed E-state index contributed by atoms with van der Waals surface area (Å²) in [6.45, 7) is 2.45. The van der Waals surface area contributed by atoms with E-state index in [-0.39, 0.29) is 6.54 Å². The van der Waals surface area contributed by atoms with Gasteiger partial charge in [-0.1, -0.05) is 12.1 Å². The van der Waals surface area contributed by atoms with Crippen LogP contribution >= 0.6 is 15.9 Å². The molecule has 0 aliphatic rings. The molecule has 0 aromatic heterocycles. The molecule has 0 aliphatic carbocycles. The van der Waals surface area contributed by atoms with Gasteiger partial charge in [0.2, 0.25) is 0 Å². The molecule has 96 valence electrons. The van der Waals surface area contributed by atoms with Crippen LogP contribution in [0.1, 0.15) is 5.56 Å². The minimum atomic E-state index is -3.56. The molecule has 1 rings (SSSR count). The normalized spacial score (nSPS) is 11.5. The highest BCUT2D eigenvalue weighted by Gasteiger charge is 2.11. The first-order valence-corrected chi connectivity index (χ1v) is 7.25. The summed E-state index contributed by atoms with van der Waals surface area (Å²) in [5, 5.41) is 0. The summed E-state index contributed by atoms with van der Waals surface area (Å²) in [4.78, 5) is 0. The monoisotopic (exact) mass is 322 g/mol. The molecule has 1 aromatic rings. The van der Waals surface area contributed by atoms with E-state index in [1.807, 2.05) is 13.0 Å². The van der Waals surface area contributed by atoms with Crippen LogP contribution in [0.4, 0.5) is 5.69 Å². The average molecular weight is 323 g/mol. The number of ether oxygens (including phenoxy) is 1. The van der Waals surface area contributed by atoms with E-state index in [0.717, 1.165) is 10.0 Å². The van der Waals surface area contributed by atoms with Crippen molar-refractivity contribution in [3.8, 4) is 0 Å². The fourth-order valence-electron chi connectivity index (χ4n) is 1.19. The van der Waals surface area contributed by atoms with E-state index in [1.54, 1.807) is 12.1 Å². The number of anilines is 1. The van der Waals surface area contributed by atoms with E-state index in [1.165, 1.54) is 7.11 Å². The number of aryl methyl sites for hydroxylation is 1. The maximum Gasteiger partial charge on any atom is 0.299 e. The lowest BCUT2D eigenvalue weighted by atomic mass is 10.2. The summed E-state index contributed by atoms with van der Waals surface area (Å²) >= 11 is 3.34. The first-order valence-electron chi connectivity index (χ1n) is 4.98. The highest BCUT2D eigenvalue weighted by Crippen LogP contribution is 2.26. The van der Waals surface area contributed by atoms with Crippen LogP contribution < -0.4 is 9.44 Å². The second-order valence-corrected chi connectivity index (χ2v) is 5.72. The van der Waals surface area contributed by atoms with Gasteiger partial charge >= 0.3 is 0 Å². The van der Waals surface area contributed by atoms with E-state index in [0.29, 0.717) is 12.3 Å². The molecular weight excluding hydrogens is 308 g/mol. The van der Waals surface area contributed by atoms with Crippen molar-refractivity contribution in [3.63, 3.8) is 0 Å². The van der Waals surface area contributed by atoms with Gasteiger partial charge in [0, 0.05) is 18.1 Å². The Morgan fingerprint density at radius 3 is 2.76 bits per heavy atom. The fourth-order valence-corrected chi connectivity index (χ4v) is 2.56. The Bertz CT molecular complexity index is 476. The lowest BCUT2D eigenvalue weighted by Gasteiger charge is -2.11. The number of rotatable bonds is 6. The van der Waals surface area contributed by atoms with Crippen LogP contribution in [0.5, 0.6) is 0 Å². The van der Waals surface area contributed by atoms with Crippen LogP contribution in [-0.2, 0) is 14.9 Å². The van der Waals surface area contributed by atoms with Gasteiger partial charge in [-0.05, 0) is 34.5 Å². The van der Waals surface area contributed by atoms with Crippen molar-refractivity contribution in [1.29, 1.82) is 0 Å². The highest BCUT2D eigenvalue weighted by molar-refractivity contribution is 9.10. The Kier molecular flexibility index (Phi) is 5.38. The second kappa shape index (κ2) is 6.34. The predicted molar refractivity (Wildman–Crippen MR) is 71.3 cm³/mol. The summed E-state index contributed by atoms with van der Waals surface area (Å²) < 4.78 is 33.6. The smallest absolute Gasteiger partial charge is 0.299 e. The molecule has 0 saturated carbocycles. The Labute approximate surface area is 110 Å². The van der Waals surface area contributed by atoms with Gasteiger partial charge in [0.1, 0.15) is 0 Å². The molecule has 17 heavy (non-hydrogen) atoms. The van der Waals surface area contributed by atoms with Gasteiger partial charge in [0.15, 0.2) is 0 Å². The van der Waals surface area contributed by atoms with Crippen molar-refractivity contribution < 1.29 is 13.2 Å². The molecule has 2 N–H and O–H groups in total. The molecule has 0 radical (unpaired) electrons. The SMILES string of the molecule is COCCNS(=O)(=O)Nc1cccc(C)c1Br. The third kappa shape index (κ3) is 4.63. The average Bonchev–Trinajstić information content (AvgIpc) is 2.25. The number of hydrogen-bond donors (Lipinski definition) is 2. The third-order valence-electron chi connectivity index (χ3n) is 2.03. The standard InChI is InChI=1S/C10H15BrN2O3S/c1-8-4-3-5-9(10(8)11)13-17(14,15)12-6-7-16-2/h3-5,12-13H,6-7H2,1-2H3. The first-order chi connectivity index (χ1) is 7.96. The van der Waals surface area contributed by atoms with E-state index in [2.05, 4.69) is 25.4 Å². The van der Waals surface area contributed by atoms with Crippen LogP contribution in [-0.4, -0.2) is 28.7 Å². The van der Waals surface area contributed by atoms with Crippen LogP contribution in [0.25, 0.3) is 0 Å². The second-order valence-electron chi connectivity index (χ2n) is 3.43. The van der Waals surface area contributed by atoms with Crippen LogP contribution in [0, 0.1) is 6.92 Å².